The maximum absolute atomic E-state index is 5.70. The fraction of sp³-hybridized carbons (Fsp3) is 0.0462. The summed E-state index contributed by atoms with van der Waals surface area (Å²) >= 11 is 1.88. The Labute approximate surface area is 408 Å². The summed E-state index contributed by atoms with van der Waals surface area (Å²) in [7, 11) is 0. The van der Waals surface area contributed by atoms with Gasteiger partial charge in [-0.3, -0.25) is 0 Å². The topological polar surface area (TPSA) is 35.6 Å². The van der Waals surface area contributed by atoms with Gasteiger partial charge < -0.3 is 9.13 Å². The molecule has 328 valence electrons. The number of nitrogens with zero attached hydrogens (tertiary/aromatic N) is 4. The molecule has 0 saturated heterocycles. The van der Waals surface area contributed by atoms with Crippen molar-refractivity contribution in [3.63, 3.8) is 0 Å². The Kier molecular flexibility index (Phi) is 8.26. The van der Waals surface area contributed by atoms with Crippen LogP contribution in [0.5, 0.6) is 0 Å². The van der Waals surface area contributed by atoms with E-state index in [4.69, 9.17) is 9.97 Å². The van der Waals surface area contributed by atoms with Gasteiger partial charge in [0.15, 0.2) is 5.82 Å². The van der Waals surface area contributed by atoms with Crippen molar-refractivity contribution in [2.45, 2.75) is 19.3 Å². The zero-order valence-corrected chi connectivity index (χ0v) is 39.3. The third-order valence-electron chi connectivity index (χ3n) is 15.1. The molecule has 4 aromatic heterocycles. The molecule has 0 radical (unpaired) electrons. The van der Waals surface area contributed by atoms with Crippen LogP contribution in [0.4, 0.5) is 0 Å². The highest BCUT2D eigenvalue weighted by Crippen LogP contribution is 2.51. The zero-order valence-electron chi connectivity index (χ0n) is 38.5. The van der Waals surface area contributed by atoms with Crippen LogP contribution in [0.1, 0.15) is 25.0 Å². The van der Waals surface area contributed by atoms with Crippen LogP contribution in [-0.4, -0.2) is 19.1 Å². The lowest BCUT2D eigenvalue weighted by Crippen LogP contribution is -2.14. The number of aromatic nitrogens is 4. The minimum atomic E-state index is -0.166. The van der Waals surface area contributed by atoms with Crippen molar-refractivity contribution in [1.82, 2.24) is 19.1 Å². The molecular weight excluding hydrogens is 869 g/mol. The quantitative estimate of drug-likeness (QED) is 0.172. The highest BCUT2D eigenvalue weighted by molar-refractivity contribution is 7.26. The summed E-state index contributed by atoms with van der Waals surface area (Å²) in [6.07, 6.45) is 0. The molecule has 0 bridgehead atoms. The van der Waals surface area contributed by atoms with Gasteiger partial charge in [0.05, 0.1) is 33.5 Å². The first-order valence-corrected chi connectivity index (χ1v) is 24.9. The molecule has 0 atom stereocenters. The van der Waals surface area contributed by atoms with Crippen molar-refractivity contribution in [1.29, 1.82) is 0 Å². The lowest BCUT2D eigenvalue weighted by Gasteiger charge is -2.22. The summed E-state index contributed by atoms with van der Waals surface area (Å²) in [6.45, 7) is 4.70. The van der Waals surface area contributed by atoms with Gasteiger partial charge in [0.2, 0.25) is 0 Å². The van der Waals surface area contributed by atoms with E-state index in [1.54, 1.807) is 0 Å². The monoisotopic (exact) mass is 910 g/mol. The van der Waals surface area contributed by atoms with Crippen LogP contribution in [0.2, 0.25) is 0 Å². The average molecular weight is 911 g/mol. The molecule has 0 N–H and O–H groups in total. The fourth-order valence-electron chi connectivity index (χ4n) is 11.9. The third-order valence-corrected chi connectivity index (χ3v) is 16.3. The second-order valence-corrected chi connectivity index (χ2v) is 20.3. The van der Waals surface area contributed by atoms with Crippen molar-refractivity contribution >= 4 is 85.9 Å². The summed E-state index contributed by atoms with van der Waals surface area (Å²) < 4.78 is 7.36. The van der Waals surface area contributed by atoms with E-state index in [0.29, 0.717) is 5.82 Å². The first-order valence-electron chi connectivity index (χ1n) is 24.1. The molecule has 0 spiro atoms. The Balaban J connectivity index is 1.05. The Morgan fingerprint density at radius 1 is 0.371 bits per heavy atom. The normalized spacial score (nSPS) is 13.1. The summed E-state index contributed by atoms with van der Waals surface area (Å²) in [5.74, 6) is 0.694. The van der Waals surface area contributed by atoms with E-state index in [2.05, 4.69) is 241 Å². The molecule has 0 fully saturated rings. The van der Waals surface area contributed by atoms with E-state index in [1.165, 1.54) is 80.4 Å². The number of thiophene rings is 1. The molecule has 15 rings (SSSR count). The lowest BCUT2D eigenvalue weighted by atomic mass is 9.82. The van der Waals surface area contributed by atoms with Gasteiger partial charge in [-0.2, -0.15) is 0 Å². The molecule has 0 saturated carbocycles. The van der Waals surface area contributed by atoms with Gasteiger partial charge in [0, 0.05) is 80.6 Å². The van der Waals surface area contributed by atoms with E-state index >= 15 is 0 Å². The number of para-hydroxylation sites is 4. The van der Waals surface area contributed by atoms with Gasteiger partial charge in [-0.15, -0.1) is 11.3 Å². The summed E-state index contributed by atoms with van der Waals surface area (Å²) in [5, 5.41) is 9.77. The predicted octanol–water partition coefficient (Wildman–Crippen LogP) is 17.5. The maximum Gasteiger partial charge on any atom is 0.161 e. The first kappa shape index (κ1) is 39.4. The van der Waals surface area contributed by atoms with Gasteiger partial charge in [-0.05, 0) is 100 Å². The minimum absolute atomic E-state index is 0.166. The molecule has 0 unspecified atom stereocenters. The smallest absolute Gasteiger partial charge is 0.161 e. The van der Waals surface area contributed by atoms with Crippen LogP contribution in [0, 0.1) is 0 Å². The van der Waals surface area contributed by atoms with E-state index in [1.807, 2.05) is 11.3 Å². The number of hydrogen-bond donors (Lipinski definition) is 0. The number of hydrogen-bond acceptors (Lipinski definition) is 3. The van der Waals surface area contributed by atoms with E-state index in [9.17, 15) is 0 Å². The molecule has 0 amide bonds. The Morgan fingerprint density at radius 2 is 0.943 bits per heavy atom. The maximum atomic E-state index is 5.70. The predicted molar refractivity (Wildman–Crippen MR) is 295 cm³/mol. The van der Waals surface area contributed by atoms with Crippen molar-refractivity contribution in [3.8, 4) is 56.4 Å². The number of benzene rings is 10. The van der Waals surface area contributed by atoms with Crippen molar-refractivity contribution in [3.05, 3.63) is 230 Å². The molecule has 4 nitrogen and oxygen atoms in total. The summed E-state index contributed by atoms with van der Waals surface area (Å²) in [6, 6.07) is 79.8. The summed E-state index contributed by atoms with van der Waals surface area (Å²) in [5.41, 5.74) is 16.9. The molecule has 10 aromatic carbocycles. The Hall–Kier alpha value is -8.64. The molecule has 1 aliphatic rings. The molecule has 14 aromatic rings. The molecule has 4 heterocycles. The van der Waals surface area contributed by atoms with Crippen LogP contribution in [0.15, 0.2) is 218 Å². The van der Waals surface area contributed by atoms with Crippen molar-refractivity contribution in [2.75, 3.05) is 0 Å². The highest BCUT2D eigenvalue weighted by atomic mass is 32.1. The Morgan fingerprint density at radius 3 is 1.71 bits per heavy atom. The van der Waals surface area contributed by atoms with Crippen LogP contribution >= 0.6 is 11.3 Å². The summed E-state index contributed by atoms with van der Waals surface area (Å²) in [4.78, 5) is 11.4. The van der Waals surface area contributed by atoms with Crippen LogP contribution in [0.25, 0.3) is 131 Å². The third kappa shape index (κ3) is 5.58. The number of rotatable bonds is 5. The molecule has 1 aliphatic carbocycles. The molecule has 70 heavy (non-hydrogen) atoms. The minimum Gasteiger partial charge on any atom is -0.309 e. The van der Waals surface area contributed by atoms with E-state index in [0.717, 1.165) is 55.9 Å². The molecule has 5 heteroatoms. The fourth-order valence-corrected chi connectivity index (χ4v) is 13.1. The standard InChI is InChI=1S/C65H42N4S/c1-65(2)52-25-13-9-21-43(52)44-31-29-40(36-53(44)65)55-38-54(39-30-34-58-50(35-39)45-22-10-14-26-56(45)68(58)41-17-5-3-6-18-41)66-64(67-55)51-37-59-61(49-24-11-15-27-57(49)69(59)42-19-7-4-8-20-42)62-47(51)32-33-48-46-23-12-16-28-60(46)70-63(48)62/h3-38H,1-2H3. The van der Waals surface area contributed by atoms with Gasteiger partial charge in [-0.25, -0.2) is 9.97 Å². The second-order valence-electron chi connectivity index (χ2n) is 19.3. The average Bonchev–Trinajstić information content (AvgIpc) is 4.13. The molecule has 0 aliphatic heterocycles. The zero-order chi connectivity index (χ0) is 46.2. The lowest BCUT2D eigenvalue weighted by molar-refractivity contribution is 0.660. The van der Waals surface area contributed by atoms with Crippen molar-refractivity contribution in [2.24, 2.45) is 0 Å². The van der Waals surface area contributed by atoms with E-state index < -0.39 is 0 Å². The number of fused-ring (bicyclic) bond motifs is 15. The Bertz CT molecular complexity index is 4500. The largest absolute Gasteiger partial charge is 0.309 e. The second kappa shape index (κ2) is 14.7. The SMILES string of the molecule is CC1(C)c2ccccc2-c2ccc(-c3cc(-c4ccc5c(c4)c4ccccc4n5-c4ccccc4)nc(-c4cc5c(c6ccccc6n5-c5ccccc5)c5c4ccc4c6ccccc6sc45)n3)cc21. The molecular formula is C65H42N4S. The van der Waals surface area contributed by atoms with Crippen molar-refractivity contribution < 1.29 is 0 Å². The van der Waals surface area contributed by atoms with Gasteiger partial charge in [0.25, 0.3) is 0 Å². The van der Waals surface area contributed by atoms with Gasteiger partial charge >= 0.3 is 0 Å². The highest BCUT2D eigenvalue weighted by Gasteiger charge is 2.35. The van der Waals surface area contributed by atoms with Crippen LogP contribution < -0.4 is 0 Å². The van der Waals surface area contributed by atoms with E-state index in [-0.39, 0.29) is 5.41 Å². The van der Waals surface area contributed by atoms with Crippen LogP contribution in [-0.2, 0) is 5.41 Å². The first-order chi connectivity index (χ1) is 34.5. The van der Waals surface area contributed by atoms with Gasteiger partial charge in [0.1, 0.15) is 0 Å². The van der Waals surface area contributed by atoms with Crippen LogP contribution in [0.3, 0.4) is 0 Å². The van der Waals surface area contributed by atoms with Gasteiger partial charge in [-0.1, -0.05) is 159 Å².